The summed E-state index contributed by atoms with van der Waals surface area (Å²) < 4.78 is 5.31. The molecule has 0 aromatic rings. The third kappa shape index (κ3) is 8.08. The molecule has 0 aromatic heterocycles. The fourth-order valence-electron chi connectivity index (χ4n) is 2.10. The molecule has 0 radical (unpaired) electrons. The van der Waals surface area contributed by atoms with Crippen LogP contribution in [-0.4, -0.2) is 50.4 Å². The highest BCUT2D eigenvalue weighted by atomic mass is 16.5. The third-order valence-corrected chi connectivity index (χ3v) is 3.16. The quantitative estimate of drug-likeness (QED) is 0.351. The molecule has 0 saturated carbocycles. The molecule has 0 atom stereocenters. The van der Waals surface area contributed by atoms with E-state index < -0.39 is 0 Å². The molecule has 0 aromatic carbocycles. The number of morpholine rings is 1. The maximum Gasteiger partial charge on any atom is 0.234 e. The van der Waals surface area contributed by atoms with Gasteiger partial charge in [-0.25, -0.2) is 9.79 Å². The van der Waals surface area contributed by atoms with Gasteiger partial charge in [0, 0.05) is 13.1 Å². The van der Waals surface area contributed by atoms with Gasteiger partial charge in [-0.15, -0.1) is 0 Å². The molecule has 1 saturated heterocycles. The lowest BCUT2D eigenvalue weighted by atomic mass is 10.1. The van der Waals surface area contributed by atoms with Gasteiger partial charge in [0.05, 0.1) is 19.8 Å². The summed E-state index contributed by atoms with van der Waals surface area (Å²) in [7, 11) is 0. The molecule has 4 nitrogen and oxygen atoms in total. The molecule has 0 unspecified atom stereocenters. The Labute approximate surface area is 104 Å². The zero-order chi connectivity index (χ0) is 12.2. The Morgan fingerprint density at radius 3 is 2.35 bits per heavy atom. The van der Waals surface area contributed by atoms with Crippen molar-refractivity contribution in [3.63, 3.8) is 0 Å². The first-order valence-corrected chi connectivity index (χ1v) is 6.77. The van der Waals surface area contributed by atoms with Crippen LogP contribution in [0.4, 0.5) is 0 Å². The van der Waals surface area contributed by atoms with E-state index in [1.807, 2.05) is 0 Å². The number of aliphatic imine (C=N–C) groups is 1. The van der Waals surface area contributed by atoms with Crippen LogP contribution in [-0.2, 0) is 9.53 Å². The molecule has 17 heavy (non-hydrogen) atoms. The minimum atomic E-state index is 0.650. The Balaban J connectivity index is 1.79. The lowest BCUT2D eigenvalue weighted by molar-refractivity contribution is 0.0371. The second kappa shape index (κ2) is 10.5. The molecule has 0 bridgehead atoms. The predicted octanol–water partition coefficient (Wildman–Crippen LogP) is 2.00. The Bertz CT molecular complexity index is 221. The van der Waals surface area contributed by atoms with Crippen molar-refractivity contribution in [2.75, 3.05) is 39.4 Å². The standard InChI is InChI=1S/C13H24N2O2/c16-13-14-7-5-3-1-2-4-6-8-15-9-11-17-12-10-15/h1-12H2. The molecule has 0 amide bonds. The Morgan fingerprint density at radius 2 is 1.65 bits per heavy atom. The summed E-state index contributed by atoms with van der Waals surface area (Å²) in [5.41, 5.74) is 0. The number of isocyanates is 1. The Hall–Kier alpha value is -0.700. The van der Waals surface area contributed by atoms with E-state index in [-0.39, 0.29) is 0 Å². The SMILES string of the molecule is O=C=NCCCCCCCCN1CCOCC1. The monoisotopic (exact) mass is 240 g/mol. The summed E-state index contributed by atoms with van der Waals surface area (Å²) in [4.78, 5) is 15.9. The van der Waals surface area contributed by atoms with Crippen LogP contribution in [0.3, 0.4) is 0 Å². The second-order valence-electron chi connectivity index (χ2n) is 4.55. The average molecular weight is 240 g/mol. The first-order valence-electron chi connectivity index (χ1n) is 6.77. The van der Waals surface area contributed by atoms with E-state index in [4.69, 9.17) is 4.74 Å². The maximum atomic E-state index is 9.82. The third-order valence-electron chi connectivity index (χ3n) is 3.16. The van der Waals surface area contributed by atoms with Crippen molar-refractivity contribution in [3.8, 4) is 0 Å². The highest BCUT2D eigenvalue weighted by molar-refractivity contribution is 5.32. The van der Waals surface area contributed by atoms with Gasteiger partial charge in [0.2, 0.25) is 6.08 Å². The number of ether oxygens (including phenoxy) is 1. The number of rotatable bonds is 9. The van der Waals surface area contributed by atoms with Gasteiger partial charge in [0.1, 0.15) is 0 Å². The van der Waals surface area contributed by atoms with E-state index >= 15 is 0 Å². The molecular weight excluding hydrogens is 216 g/mol. The normalized spacial score (nSPS) is 16.7. The number of carbonyl (C=O) groups excluding carboxylic acids is 1. The van der Waals surface area contributed by atoms with Crippen molar-refractivity contribution < 1.29 is 9.53 Å². The van der Waals surface area contributed by atoms with Crippen LogP contribution in [0, 0.1) is 0 Å². The van der Waals surface area contributed by atoms with Crippen molar-refractivity contribution in [1.29, 1.82) is 0 Å². The molecule has 0 aliphatic carbocycles. The lowest BCUT2D eigenvalue weighted by Gasteiger charge is -2.26. The van der Waals surface area contributed by atoms with Gasteiger partial charge < -0.3 is 4.74 Å². The largest absolute Gasteiger partial charge is 0.379 e. The first kappa shape index (κ1) is 14.4. The van der Waals surface area contributed by atoms with Crippen LogP contribution >= 0.6 is 0 Å². The lowest BCUT2D eigenvalue weighted by Crippen LogP contribution is -2.36. The molecule has 0 N–H and O–H groups in total. The van der Waals surface area contributed by atoms with Gasteiger partial charge in [-0.2, -0.15) is 0 Å². The van der Waals surface area contributed by atoms with Crippen molar-refractivity contribution in [2.24, 2.45) is 4.99 Å². The van der Waals surface area contributed by atoms with Crippen LogP contribution in [0.1, 0.15) is 38.5 Å². The molecular formula is C13H24N2O2. The summed E-state index contributed by atoms with van der Waals surface area (Å²) in [6.07, 6.45) is 8.96. The van der Waals surface area contributed by atoms with Gasteiger partial charge in [-0.05, 0) is 19.4 Å². The first-order chi connectivity index (χ1) is 8.43. The van der Waals surface area contributed by atoms with Gasteiger partial charge in [-0.3, -0.25) is 4.90 Å². The number of hydrogen-bond acceptors (Lipinski definition) is 4. The summed E-state index contributed by atoms with van der Waals surface area (Å²) in [5.74, 6) is 0. The van der Waals surface area contributed by atoms with Crippen LogP contribution in [0.5, 0.6) is 0 Å². The fraction of sp³-hybridized carbons (Fsp3) is 0.923. The molecule has 98 valence electrons. The van der Waals surface area contributed by atoms with Crippen LogP contribution in [0.2, 0.25) is 0 Å². The zero-order valence-electron chi connectivity index (χ0n) is 10.7. The summed E-state index contributed by atoms with van der Waals surface area (Å²) in [5, 5.41) is 0. The van der Waals surface area contributed by atoms with Crippen molar-refractivity contribution in [1.82, 2.24) is 4.90 Å². The molecule has 1 heterocycles. The maximum absolute atomic E-state index is 9.82. The fourth-order valence-corrected chi connectivity index (χ4v) is 2.10. The number of hydrogen-bond donors (Lipinski definition) is 0. The molecule has 0 spiro atoms. The molecule has 1 aliphatic heterocycles. The smallest absolute Gasteiger partial charge is 0.234 e. The molecule has 4 heteroatoms. The van der Waals surface area contributed by atoms with E-state index in [0.717, 1.165) is 32.7 Å². The highest BCUT2D eigenvalue weighted by Gasteiger charge is 2.08. The summed E-state index contributed by atoms with van der Waals surface area (Å²) in [6.45, 7) is 5.87. The van der Waals surface area contributed by atoms with Crippen LogP contribution < -0.4 is 0 Å². The molecule has 1 aliphatic rings. The van der Waals surface area contributed by atoms with Gasteiger partial charge >= 0.3 is 0 Å². The van der Waals surface area contributed by atoms with E-state index in [9.17, 15) is 4.79 Å². The Morgan fingerprint density at radius 1 is 1.00 bits per heavy atom. The van der Waals surface area contributed by atoms with Crippen molar-refractivity contribution in [2.45, 2.75) is 38.5 Å². The van der Waals surface area contributed by atoms with E-state index in [2.05, 4.69) is 9.89 Å². The van der Waals surface area contributed by atoms with E-state index in [1.165, 1.54) is 38.6 Å². The number of unbranched alkanes of at least 4 members (excludes halogenated alkanes) is 5. The van der Waals surface area contributed by atoms with Gasteiger partial charge in [0.15, 0.2) is 0 Å². The second-order valence-corrected chi connectivity index (χ2v) is 4.55. The zero-order valence-corrected chi connectivity index (χ0v) is 10.7. The molecule has 1 fully saturated rings. The van der Waals surface area contributed by atoms with E-state index in [1.54, 1.807) is 6.08 Å². The van der Waals surface area contributed by atoms with Crippen molar-refractivity contribution >= 4 is 6.08 Å². The average Bonchev–Trinajstić information content (AvgIpc) is 2.38. The van der Waals surface area contributed by atoms with Gasteiger partial charge in [-0.1, -0.05) is 25.7 Å². The summed E-state index contributed by atoms with van der Waals surface area (Å²) >= 11 is 0. The van der Waals surface area contributed by atoms with Crippen LogP contribution in [0.15, 0.2) is 4.99 Å². The molecule has 1 rings (SSSR count). The predicted molar refractivity (Wildman–Crippen MR) is 67.9 cm³/mol. The van der Waals surface area contributed by atoms with E-state index in [0.29, 0.717) is 6.54 Å². The number of nitrogens with zero attached hydrogens (tertiary/aromatic N) is 2. The van der Waals surface area contributed by atoms with Gasteiger partial charge in [0.25, 0.3) is 0 Å². The minimum Gasteiger partial charge on any atom is -0.379 e. The summed E-state index contributed by atoms with van der Waals surface area (Å²) in [6, 6.07) is 0. The topological polar surface area (TPSA) is 41.9 Å². The Kier molecular flexibility index (Phi) is 8.83. The highest BCUT2D eigenvalue weighted by Crippen LogP contribution is 2.07. The minimum absolute atomic E-state index is 0.650. The van der Waals surface area contributed by atoms with Crippen molar-refractivity contribution in [3.05, 3.63) is 0 Å². The van der Waals surface area contributed by atoms with Crippen LogP contribution in [0.25, 0.3) is 0 Å².